The van der Waals surface area contributed by atoms with Crippen LogP contribution in [0.3, 0.4) is 0 Å². The molecule has 3 rings (SSSR count). The molecular formula is C20H21N3O3S. The number of hydrogen-bond donors (Lipinski definition) is 2. The topological polar surface area (TPSA) is 72.5 Å². The lowest BCUT2D eigenvalue weighted by Gasteiger charge is -2.13. The Morgan fingerprint density at radius 3 is 2.67 bits per heavy atom. The van der Waals surface area contributed by atoms with Gasteiger partial charge in [0.05, 0.1) is 7.11 Å². The smallest absolute Gasteiger partial charge is 0.262 e. The third-order valence-corrected chi connectivity index (χ3v) is 4.53. The zero-order valence-corrected chi connectivity index (χ0v) is 16.0. The number of rotatable bonds is 8. The number of nitrogens with zero attached hydrogens (tertiary/aromatic N) is 1. The van der Waals surface area contributed by atoms with Crippen molar-refractivity contribution in [1.29, 1.82) is 0 Å². The van der Waals surface area contributed by atoms with Crippen molar-refractivity contribution in [1.82, 2.24) is 4.98 Å². The van der Waals surface area contributed by atoms with Gasteiger partial charge in [-0.15, -0.1) is 11.3 Å². The predicted octanol–water partition coefficient (Wildman–Crippen LogP) is 4.09. The number of ether oxygens (including phenoxy) is 2. The second-order valence-corrected chi connectivity index (χ2v) is 6.77. The number of anilines is 2. The molecule has 6 nitrogen and oxygen atoms in total. The third kappa shape index (κ3) is 5.46. The fourth-order valence-corrected chi connectivity index (χ4v) is 2.93. The molecule has 2 N–H and O–H groups in total. The SMILES string of the molecule is COc1cc(CNc2nccs2)ccc1OCC(=O)Nc1ccc(C)cc1. The number of aromatic nitrogens is 1. The largest absolute Gasteiger partial charge is 0.493 e. The van der Waals surface area contributed by atoms with Crippen molar-refractivity contribution in [3.63, 3.8) is 0 Å². The molecule has 0 bridgehead atoms. The highest BCUT2D eigenvalue weighted by molar-refractivity contribution is 7.13. The molecule has 0 spiro atoms. The molecule has 1 aromatic heterocycles. The highest BCUT2D eigenvalue weighted by atomic mass is 32.1. The van der Waals surface area contributed by atoms with Crippen LogP contribution in [0.4, 0.5) is 10.8 Å². The maximum Gasteiger partial charge on any atom is 0.262 e. The van der Waals surface area contributed by atoms with Crippen LogP contribution in [0, 0.1) is 6.92 Å². The highest BCUT2D eigenvalue weighted by Crippen LogP contribution is 2.28. The number of nitrogens with one attached hydrogen (secondary N) is 2. The van der Waals surface area contributed by atoms with Crippen molar-refractivity contribution >= 4 is 28.1 Å². The summed E-state index contributed by atoms with van der Waals surface area (Å²) >= 11 is 1.55. The summed E-state index contributed by atoms with van der Waals surface area (Å²) in [6.45, 7) is 2.52. The predicted molar refractivity (Wildman–Crippen MR) is 108 cm³/mol. The number of thiazole rings is 1. The van der Waals surface area contributed by atoms with Crippen LogP contribution >= 0.6 is 11.3 Å². The summed E-state index contributed by atoms with van der Waals surface area (Å²) in [4.78, 5) is 16.3. The molecule has 7 heteroatoms. The van der Waals surface area contributed by atoms with Gasteiger partial charge in [0, 0.05) is 23.8 Å². The molecule has 0 saturated carbocycles. The van der Waals surface area contributed by atoms with Crippen LogP contribution in [0.1, 0.15) is 11.1 Å². The molecule has 0 aliphatic rings. The van der Waals surface area contributed by atoms with E-state index >= 15 is 0 Å². The number of carbonyl (C=O) groups excluding carboxylic acids is 1. The number of aryl methyl sites for hydroxylation is 1. The highest BCUT2D eigenvalue weighted by Gasteiger charge is 2.09. The summed E-state index contributed by atoms with van der Waals surface area (Å²) in [6.07, 6.45) is 1.76. The summed E-state index contributed by atoms with van der Waals surface area (Å²) < 4.78 is 11.0. The molecule has 2 aromatic carbocycles. The van der Waals surface area contributed by atoms with Crippen LogP contribution in [0.25, 0.3) is 0 Å². The van der Waals surface area contributed by atoms with E-state index in [0.717, 1.165) is 21.9 Å². The minimum atomic E-state index is -0.226. The molecule has 3 aromatic rings. The number of benzene rings is 2. The summed E-state index contributed by atoms with van der Waals surface area (Å²) in [7, 11) is 1.58. The molecule has 0 fully saturated rings. The molecule has 1 amide bonds. The van der Waals surface area contributed by atoms with E-state index < -0.39 is 0 Å². The van der Waals surface area contributed by atoms with Gasteiger partial charge in [-0.05, 0) is 36.8 Å². The molecule has 0 atom stereocenters. The number of carbonyl (C=O) groups is 1. The van der Waals surface area contributed by atoms with Gasteiger partial charge in [0.15, 0.2) is 23.2 Å². The summed E-state index contributed by atoms with van der Waals surface area (Å²) in [6, 6.07) is 13.2. The Bertz CT molecular complexity index is 880. The quantitative estimate of drug-likeness (QED) is 0.613. The number of methoxy groups -OCH3 is 1. The first-order valence-corrected chi connectivity index (χ1v) is 9.31. The normalized spacial score (nSPS) is 10.3. The van der Waals surface area contributed by atoms with Gasteiger partial charge in [-0.1, -0.05) is 23.8 Å². The zero-order chi connectivity index (χ0) is 19.1. The first kappa shape index (κ1) is 18.7. The summed E-state index contributed by atoms with van der Waals surface area (Å²) in [5.74, 6) is 0.876. The molecule has 0 saturated heterocycles. The maximum atomic E-state index is 12.1. The molecule has 0 aliphatic heterocycles. The zero-order valence-electron chi connectivity index (χ0n) is 15.2. The van der Waals surface area contributed by atoms with Gasteiger partial charge in [0.25, 0.3) is 5.91 Å². The van der Waals surface area contributed by atoms with E-state index in [1.165, 1.54) is 0 Å². The van der Waals surface area contributed by atoms with E-state index in [-0.39, 0.29) is 12.5 Å². The van der Waals surface area contributed by atoms with E-state index in [2.05, 4.69) is 15.6 Å². The van der Waals surface area contributed by atoms with E-state index in [0.29, 0.717) is 18.0 Å². The van der Waals surface area contributed by atoms with Crippen LogP contribution in [0.5, 0.6) is 11.5 Å². The van der Waals surface area contributed by atoms with Crippen molar-refractivity contribution in [3.05, 3.63) is 65.2 Å². The average Bonchev–Trinajstić information content (AvgIpc) is 3.20. The van der Waals surface area contributed by atoms with Crippen LogP contribution in [0.2, 0.25) is 0 Å². The van der Waals surface area contributed by atoms with Gasteiger partial charge in [0.2, 0.25) is 0 Å². The lowest BCUT2D eigenvalue weighted by Crippen LogP contribution is -2.20. The Balaban J connectivity index is 1.55. The first-order chi connectivity index (χ1) is 13.1. The van der Waals surface area contributed by atoms with Crippen molar-refractivity contribution < 1.29 is 14.3 Å². The van der Waals surface area contributed by atoms with Crippen molar-refractivity contribution in [2.75, 3.05) is 24.4 Å². The lowest BCUT2D eigenvalue weighted by atomic mass is 10.2. The van der Waals surface area contributed by atoms with E-state index in [1.807, 2.05) is 48.7 Å². The standard InChI is InChI=1S/C20H21N3O3S/c1-14-3-6-16(7-4-14)23-19(24)13-26-17-8-5-15(11-18(17)25-2)12-22-20-21-9-10-27-20/h3-11H,12-13H2,1-2H3,(H,21,22)(H,23,24). The van der Waals surface area contributed by atoms with Gasteiger partial charge in [-0.25, -0.2) is 4.98 Å². The fourth-order valence-electron chi connectivity index (χ4n) is 2.41. The second kappa shape index (κ2) is 9.05. The molecular weight excluding hydrogens is 362 g/mol. The number of hydrogen-bond acceptors (Lipinski definition) is 6. The first-order valence-electron chi connectivity index (χ1n) is 8.43. The number of amides is 1. The third-order valence-electron chi connectivity index (χ3n) is 3.80. The van der Waals surface area contributed by atoms with E-state index in [9.17, 15) is 4.79 Å². The average molecular weight is 383 g/mol. The Hall–Kier alpha value is -3.06. The molecule has 0 aliphatic carbocycles. The van der Waals surface area contributed by atoms with Gasteiger partial charge >= 0.3 is 0 Å². The van der Waals surface area contributed by atoms with Crippen LogP contribution < -0.4 is 20.1 Å². The van der Waals surface area contributed by atoms with Crippen molar-refractivity contribution in [2.24, 2.45) is 0 Å². The van der Waals surface area contributed by atoms with Crippen LogP contribution in [-0.2, 0) is 11.3 Å². The second-order valence-electron chi connectivity index (χ2n) is 5.88. The van der Waals surface area contributed by atoms with Gasteiger partial charge in [-0.2, -0.15) is 0 Å². The summed E-state index contributed by atoms with van der Waals surface area (Å²) in [5, 5.41) is 8.82. The maximum absolute atomic E-state index is 12.1. The van der Waals surface area contributed by atoms with E-state index in [4.69, 9.17) is 9.47 Å². The Morgan fingerprint density at radius 2 is 1.96 bits per heavy atom. The molecule has 140 valence electrons. The Morgan fingerprint density at radius 1 is 1.15 bits per heavy atom. The molecule has 27 heavy (non-hydrogen) atoms. The summed E-state index contributed by atoms with van der Waals surface area (Å²) in [5.41, 5.74) is 2.90. The lowest BCUT2D eigenvalue weighted by molar-refractivity contribution is -0.118. The van der Waals surface area contributed by atoms with Crippen molar-refractivity contribution in [3.8, 4) is 11.5 Å². The van der Waals surface area contributed by atoms with Gasteiger partial charge in [-0.3, -0.25) is 4.79 Å². The van der Waals surface area contributed by atoms with Crippen LogP contribution in [0.15, 0.2) is 54.0 Å². The molecule has 1 heterocycles. The minimum Gasteiger partial charge on any atom is -0.493 e. The van der Waals surface area contributed by atoms with E-state index in [1.54, 1.807) is 30.7 Å². The fraction of sp³-hybridized carbons (Fsp3) is 0.200. The van der Waals surface area contributed by atoms with Gasteiger partial charge < -0.3 is 20.1 Å². The molecule has 0 radical (unpaired) electrons. The Kier molecular flexibility index (Phi) is 6.27. The van der Waals surface area contributed by atoms with Gasteiger partial charge in [0.1, 0.15) is 0 Å². The minimum absolute atomic E-state index is 0.0963. The van der Waals surface area contributed by atoms with Crippen LogP contribution in [-0.4, -0.2) is 24.6 Å². The molecule has 0 unspecified atom stereocenters. The van der Waals surface area contributed by atoms with Crippen molar-refractivity contribution in [2.45, 2.75) is 13.5 Å². The Labute approximate surface area is 162 Å². The monoisotopic (exact) mass is 383 g/mol.